The molecule has 0 saturated heterocycles. The number of nitrogens with zero attached hydrogens (tertiary/aromatic N) is 1. The summed E-state index contributed by atoms with van der Waals surface area (Å²) in [6.45, 7) is 0. The maximum atomic E-state index is 13.2. The van der Waals surface area contributed by atoms with Crippen LogP contribution in [0.15, 0.2) is 48.5 Å². The average molecular weight is 291 g/mol. The number of anilines is 2. The number of hydrogen-bond acceptors (Lipinski definition) is 1. The molecular formula is C20H21NO. The van der Waals surface area contributed by atoms with Gasteiger partial charge in [-0.3, -0.25) is 9.69 Å². The molecule has 1 heterocycles. The van der Waals surface area contributed by atoms with Gasteiger partial charge in [0.2, 0.25) is 5.91 Å². The second-order valence-electron chi connectivity index (χ2n) is 6.41. The minimum atomic E-state index is 0.194. The number of para-hydroxylation sites is 2. The summed E-state index contributed by atoms with van der Waals surface area (Å²) in [4.78, 5) is 15.2. The predicted octanol–water partition coefficient (Wildman–Crippen LogP) is 4.64. The summed E-state index contributed by atoms with van der Waals surface area (Å²) in [6, 6.07) is 16.8. The molecule has 0 radical (unpaired) electrons. The third-order valence-electron chi connectivity index (χ3n) is 5.05. The van der Waals surface area contributed by atoms with Gasteiger partial charge in [-0.2, -0.15) is 0 Å². The number of carbonyl (C=O) groups is 1. The monoisotopic (exact) mass is 291 g/mol. The summed E-state index contributed by atoms with van der Waals surface area (Å²) in [5, 5.41) is 0. The van der Waals surface area contributed by atoms with Crippen LogP contribution in [0.1, 0.15) is 36.8 Å². The predicted molar refractivity (Wildman–Crippen MR) is 89.4 cm³/mol. The van der Waals surface area contributed by atoms with Crippen molar-refractivity contribution < 1.29 is 4.79 Å². The second kappa shape index (κ2) is 5.60. The Morgan fingerprint density at radius 3 is 1.86 bits per heavy atom. The Bertz CT molecular complexity index is 653. The smallest absolute Gasteiger partial charge is 0.234 e. The fraction of sp³-hybridized carbons (Fsp3) is 0.350. The minimum Gasteiger partial charge on any atom is -0.280 e. The van der Waals surface area contributed by atoms with E-state index in [0.717, 1.165) is 37.1 Å². The van der Waals surface area contributed by atoms with E-state index < -0.39 is 0 Å². The third kappa shape index (κ3) is 2.23. The highest BCUT2D eigenvalue weighted by atomic mass is 16.2. The number of amides is 1. The molecule has 2 aromatic rings. The van der Waals surface area contributed by atoms with Gasteiger partial charge >= 0.3 is 0 Å². The Morgan fingerprint density at radius 2 is 1.32 bits per heavy atom. The van der Waals surface area contributed by atoms with E-state index >= 15 is 0 Å². The Balaban J connectivity index is 1.85. The van der Waals surface area contributed by atoms with Gasteiger partial charge in [0.25, 0.3) is 0 Å². The van der Waals surface area contributed by atoms with Gasteiger partial charge in [-0.25, -0.2) is 0 Å². The zero-order valence-electron chi connectivity index (χ0n) is 12.8. The van der Waals surface area contributed by atoms with Crippen LogP contribution in [0.5, 0.6) is 0 Å². The first-order valence-corrected chi connectivity index (χ1v) is 8.34. The van der Waals surface area contributed by atoms with Gasteiger partial charge in [0.05, 0.1) is 11.4 Å². The number of hydrogen-bond donors (Lipinski definition) is 0. The summed E-state index contributed by atoms with van der Waals surface area (Å²) in [5.74, 6) is 0.485. The second-order valence-corrected chi connectivity index (χ2v) is 6.41. The van der Waals surface area contributed by atoms with Crippen molar-refractivity contribution in [1.29, 1.82) is 0 Å². The molecule has 1 saturated carbocycles. The maximum Gasteiger partial charge on any atom is 0.234 e. The topological polar surface area (TPSA) is 20.3 Å². The first kappa shape index (κ1) is 13.6. The van der Waals surface area contributed by atoms with Crippen LogP contribution in [0.3, 0.4) is 0 Å². The molecule has 2 heteroatoms. The lowest BCUT2D eigenvalue weighted by molar-refractivity contribution is -0.121. The van der Waals surface area contributed by atoms with E-state index in [4.69, 9.17) is 0 Å². The van der Waals surface area contributed by atoms with Gasteiger partial charge in [-0.15, -0.1) is 0 Å². The lowest BCUT2D eigenvalue weighted by Crippen LogP contribution is -2.32. The fourth-order valence-corrected chi connectivity index (χ4v) is 3.87. The summed E-state index contributed by atoms with van der Waals surface area (Å²) < 4.78 is 0. The molecule has 0 bridgehead atoms. The molecule has 2 aromatic carbocycles. The molecular weight excluding hydrogens is 270 g/mol. The van der Waals surface area contributed by atoms with E-state index in [1.54, 1.807) is 0 Å². The molecule has 4 rings (SSSR count). The van der Waals surface area contributed by atoms with Crippen LogP contribution in [0.2, 0.25) is 0 Å². The van der Waals surface area contributed by atoms with Crippen molar-refractivity contribution in [3.8, 4) is 0 Å². The number of benzene rings is 2. The molecule has 0 atom stereocenters. The molecule has 1 amide bonds. The molecule has 0 aromatic heterocycles. The lowest BCUT2D eigenvalue weighted by atomic mass is 10.0. The van der Waals surface area contributed by atoms with Crippen molar-refractivity contribution in [3.05, 3.63) is 59.7 Å². The van der Waals surface area contributed by atoms with Crippen LogP contribution >= 0.6 is 0 Å². The molecule has 1 aliphatic heterocycles. The van der Waals surface area contributed by atoms with Crippen LogP contribution in [0, 0.1) is 5.92 Å². The van der Waals surface area contributed by atoms with Crippen molar-refractivity contribution in [1.82, 2.24) is 0 Å². The highest BCUT2D eigenvalue weighted by Gasteiger charge is 2.32. The molecule has 22 heavy (non-hydrogen) atoms. The molecule has 0 unspecified atom stereocenters. The average Bonchev–Trinajstić information content (AvgIpc) is 3.04. The van der Waals surface area contributed by atoms with Crippen molar-refractivity contribution in [3.63, 3.8) is 0 Å². The highest BCUT2D eigenvalue weighted by molar-refractivity contribution is 6.03. The first-order valence-electron chi connectivity index (χ1n) is 8.34. The van der Waals surface area contributed by atoms with Crippen LogP contribution < -0.4 is 4.90 Å². The van der Waals surface area contributed by atoms with Gasteiger partial charge < -0.3 is 0 Å². The van der Waals surface area contributed by atoms with Crippen molar-refractivity contribution in [2.45, 2.75) is 38.5 Å². The van der Waals surface area contributed by atoms with Crippen molar-refractivity contribution in [2.24, 2.45) is 5.92 Å². The Hall–Kier alpha value is -2.09. The standard InChI is InChI=1S/C20H21NO/c22-20(17-9-1-2-10-17)21-18-11-5-3-7-15(18)13-14-16-8-4-6-12-19(16)21/h3-8,11-12,17H,1-2,9-10,13-14H2. The molecule has 1 aliphatic carbocycles. The summed E-state index contributed by atoms with van der Waals surface area (Å²) in [7, 11) is 0. The van der Waals surface area contributed by atoms with Gasteiger partial charge in [0.1, 0.15) is 0 Å². The normalized spacial score (nSPS) is 17.7. The fourth-order valence-electron chi connectivity index (χ4n) is 3.87. The van der Waals surface area contributed by atoms with E-state index in [9.17, 15) is 4.79 Å². The summed E-state index contributed by atoms with van der Waals surface area (Å²) in [5.41, 5.74) is 4.74. The van der Waals surface area contributed by atoms with Gasteiger partial charge in [0, 0.05) is 5.92 Å². The zero-order chi connectivity index (χ0) is 14.9. The Labute approximate surface area is 131 Å². The van der Waals surface area contributed by atoms with E-state index in [1.807, 2.05) is 17.0 Å². The number of fused-ring (bicyclic) bond motifs is 2. The molecule has 2 nitrogen and oxygen atoms in total. The quantitative estimate of drug-likeness (QED) is 0.749. The lowest BCUT2D eigenvalue weighted by Gasteiger charge is -2.27. The van der Waals surface area contributed by atoms with Crippen LogP contribution in [-0.2, 0) is 17.6 Å². The van der Waals surface area contributed by atoms with Gasteiger partial charge in [-0.05, 0) is 48.9 Å². The largest absolute Gasteiger partial charge is 0.280 e. The van der Waals surface area contributed by atoms with Gasteiger partial charge in [-0.1, -0.05) is 49.2 Å². The van der Waals surface area contributed by atoms with Crippen molar-refractivity contribution in [2.75, 3.05) is 4.90 Å². The number of carbonyl (C=O) groups excluding carboxylic acids is 1. The number of rotatable bonds is 1. The molecule has 112 valence electrons. The first-order chi connectivity index (χ1) is 10.8. The van der Waals surface area contributed by atoms with Crippen LogP contribution in [0.25, 0.3) is 0 Å². The molecule has 0 spiro atoms. The maximum absolute atomic E-state index is 13.2. The molecule has 2 aliphatic rings. The van der Waals surface area contributed by atoms with E-state index in [1.165, 1.54) is 24.0 Å². The summed E-state index contributed by atoms with van der Waals surface area (Å²) in [6.07, 6.45) is 6.46. The SMILES string of the molecule is O=C(C1CCCC1)N1c2ccccc2CCc2ccccc21. The van der Waals surface area contributed by atoms with Crippen LogP contribution in [-0.4, -0.2) is 5.91 Å². The van der Waals surface area contributed by atoms with E-state index in [0.29, 0.717) is 5.91 Å². The zero-order valence-corrected chi connectivity index (χ0v) is 12.8. The molecule has 0 N–H and O–H groups in total. The number of aryl methyl sites for hydroxylation is 2. The third-order valence-corrected chi connectivity index (χ3v) is 5.05. The van der Waals surface area contributed by atoms with Crippen molar-refractivity contribution >= 4 is 17.3 Å². The molecule has 1 fully saturated rings. The van der Waals surface area contributed by atoms with Gasteiger partial charge in [0.15, 0.2) is 0 Å². The van der Waals surface area contributed by atoms with E-state index in [2.05, 4.69) is 36.4 Å². The highest BCUT2D eigenvalue weighted by Crippen LogP contribution is 2.39. The summed E-state index contributed by atoms with van der Waals surface area (Å²) >= 11 is 0. The minimum absolute atomic E-state index is 0.194. The Kier molecular flexibility index (Phi) is 3.45. The van der Waals surface area contributed by atoms with Crippen LogP contribution in [0.4, 0.5) is 11.4 Å². The van der Waals surface area contributed by atoms with E-state index in [-0.39, 0.29) is 5.92 Å². The Morgan fingerprint density at radius 1 is 0.818 bits per heavy atom.